The average Bonchev–Trinajstić information content (AvgIpc) is 3.15. The third-order valence-corrected chi connectivity index (χ3v) is 10.9. The van der Waals surface area contributed by atoms with E-state index in [9.17, 15) is 14.4 Å². The van der Waals surface area contributed by atoms with Crippen molar-refractivity contribution in [3.05, 3.63) is 0 Å². The largest absolute Gasteiger partial charge is 0.462 e. The first-order valence-corrected chi connectivity index (χ1v) is 23.4. The van der Waals surface area contributed by atoms with E-state index in [2.05, 4.69) is 27.7 Å². The minimum absolute atomic E-state index is 0.0651. The summed E-state index contributed by atoms with van der Waals surface area (Å²) in [7, 11) is 0. The van der Waals surface area contributed by atoms with Gasteiger partial charge in [0.25, 0.3) is 0 Å². The fourth-order valence-corrected chi connectivity index (χ4v) is 6.95. The van der Waals surface area contributed by atoms with E-state index in [1.807, 2.05) is 0 Å². The molecule has 0 aliphatic rings. The van der Waals surface area contributed by atoms with Crippen molar-refractivity contribution in [3.63, 3.8) is 0 Å². The molecule has 0 fully saturated rings. The van der Waals surface area contributed by atoms with Crippen molar-refractivity contribution in [1.29, 1.82) is 0 Å². The molecule has 6 nitrogen and oxygen atoms in total. The highest BCUT2D eigenvalue weighted by Gasteiger charge is 2.19. The van der Waals surface area contributed by atoms with Crippen molar-refractivity contribution in [2.45, 2.75) is 265 Å². The highest BCUT2D eigenvalue weighted by Crippen LogP contribution is 2.17. The molecule has 0 saturated heterocycles. The normalized spacial score (nSPS) is 12.5. The molecule has 0 aliphatic heterocycles. The van der Waals surface area contributed by atoms with Gasteiger partial charge in [-0.05, 0) is 25.2 Å². The van der Waals surface area contributed by atoms with Crippen LogP contribution < -0.4 is 0 Å². The molecule has 0 heterocycles. The standard InChI is InChI=1S/C47H90O6/c1-5-8-10-12-13-14-15-16-17-18-19-20-24-27-31-34-38-45(48)51-41-44(53-47(50)40-36-29-11-9-6-2)42-52-46(49)39-35-32-28-25-22-21-23-26-30-33-37-43(4)7-3/h43-44H,5-42H2,1-4H3/t43?,44-/m0/s1. The Morgan fingerprint density at radius 1 is 0.377 bits per heavy atom. The lowest BCUT2D eigenvalue weighted by atomic mass is 9.99. The smallest absolute Gasteiger partial charge is 0.306 e. The Morgan fingerprint density at radius 2 is 0.660 bits per heavy atom. The van der Waals surface area contributed by atoms with E-state index in [-0.39, 0.29) is 31.1 Å². The van der Waals surface area contributed by atoms with Gasteiger partial charge in [-0.2, -0.15) is 0 Å². The Labute approximate surface area is 329 Å². The van der Waals surface area contributed by atoms with Gasteiger partial charge in [0.15, 0.2) is 6.10 Å². The molecule has 0 aromatic rings. The molecule has 0 spiro atoms. The highest BCUT2D eigenvalue weighted by molar-refractivity contribution is 5.71. The van der Waals surface area contributed by atoms with E-state index in [0.29, 0.717) is 19.3 Å². The number of ether oxygens (including phenoxy) is 3. The number of unbranched alkanes of at least 4 members (excludes halogenated alkanes) is 28. The third kappa shape index (κ3) is 39.9. The maximum Gasteiger partial charge on any atom is 0.306 e. The highest BCUT2D eigenvalue weighted by atomic mass is 16.6. The van der Waals surface area contributed by atoms with Crippen molar-refractivity contribution in [2.75, 3.05) is 13.2 Å². The van der Waals surface area contributed by atoms with Crippen LogP contribution in [0.5, 0.6) is 0 Å². The quantitative estimate of drug-likeness (QED) is 0.0351. The molecule has 0 aliphatic carbocycles. The van der Waals surface area contributed by atoms with Crippen molar-refractivity contribution in [2.24, 2.45) is 5.92 Å². The predicted molar refractivity (Wildman–Crippen MR) is 224 cm³/mol. The van der Waals surface area contributed by atoms with Gasteiger partial charge in [0, 0.05) is 19.3 Å². The minimum Gasteiger partial charge on any atom is -0.462 e. The van der Waals surface area contributed by atoms with Gasteiger partial charge in [-0.15, -0.1) is 0 Å². The summed E-state index contributed by atoms with van der Waals surface area (Å²) >= 11 is 0. The zero-order valence-electron chi connectivity index (χ0n) is 36.0. The Morgan fingerprint density at radius 3 is 0.981 bits per heavy atom. The minimum atomic E-state index is -0.758. The van der Waals surface area contributed by atoms with Gasteiger partial charge in [-0.25, -0.2) is 0 Å². The summed E-state index contributed by atoms with van der Waals surface area (Å²) in [4.78, 5) is 37.5. The first-order chi connectivity index (χ1) is 25.9. The zero-order chi connectivity index (χ0) is 38.9. The number of esters is 3. The van der Waals surface area contributed by atoms with Crippen LogP contribution in [-0.4, -0.2) is 37.2 Å². The second kappa shape index (κ2) is 41.6. The molecule has 0 radical (unpaired) electrons. The van der Waals surface area contributed by atoms with Crippen molar-refractivity contribution in [3.8, 4) is 0 Å². The van der Waals surface area contributed by atoms with E-state index >= 15 is 0 Å². The Bertz CT molecular complexity index is 798. The van der Waals surface area contributed by atoms with Crippen LogP contribution in [-0.2, 0) is 28.6 Å². The lowest BCUT2D eigenvalue weighted by Gasteiger charge is -2.18. The van der Waals surface area contributed by atoms with Crippen LogP contribution in [0, 0.1) is 5.92 Å². The average molecular weight is 751 g/mol. The molecule has 6 heteroatoms. The first kappa shape index (κ1) is 51.4. The summed E-state index contributed by atoms with van der Waals surface area (Å²) in [6, 6.07) is 0. The van der Waals surface area contributed by atoms with Crippen molar-refractivity contribution >= 4 is 17.9 Å². The van der Waals surface area contributed by atoms with Gasteiger partial charge >= 0.3 is 17.9 Å². The summed E-state index contributed by atoms with van der Waals surface area (Å²) in [5.74, 6) is 0.00274. The van der Waals surface area contributed by atoms with Crippen LogP contribution >= 0.6 is 0 Å². The molecule has 0 rings (SSSR count). The maximum atomic E-state index is 12.5. The summed E-state index contributed by atoms with van der Waals surface area (Å²) < 4.78 is 16.6. The number of rotatable bonds is 42. The van der Waals surface area contributed by atoms with E-state index in [4.69, 9.17) is 14.2 Å². The molecular weight excluding hydrogens is 661 g/mol. The van der Waals surface area contributed by atoms with E-state index < -0.39 is 6.10 Å². The molecule has 0 amide bonds. The first-order valence-electron chi connectivity index (χ1n) is 23.4. The molecule has 1 unspecified atom stereocenters. The lowest BCUT2D eigenvalue weighted by molar-refractivity contribution is -0.167. The predicted octanol–water partition coefficient (Wildman–Crippen LogP) is 14.7. The Hall–Kier alpha value is -1.59. The molecule has 0 aromatic heterocycles. The van der Waals surface area contributed by atoms with Gasteiger partial charge in [0.05, 0.1) is 0 Å². The van der Waals surface area contributed by atoms with Crippen LogP contribution in [0.25, 0.3) is 0 Å². The molecule has 53 heavy (non-hydrogen) atoms. The van der Waals surface area contributed by atoms with Gasteiger partial charge < -0.3 is 14.2 Å². The number of carbonyl (C=O) groups excluding carboxylic acids is 3. The molecule has 2 atom stereocenters. The van der Waals surface area contributed by atoms with Crippen LogP contribution in [0.1, 0.15) is 259 Å². The monoisotopic (exact) mass is 751 g/mol. The van der Waals surface area contributed by atoms with E-state index in [1.54, 1.807) is 0 Å². The fourth-order valence-electron chi connectivity index (χ4n) is 6.95. The van der Waals surface area contributed by atoms with Crippen LogP contribution in [0.2, 0.25) is 0 Å². The van der Waals surface area contributed by atoms with Crippen LogP contribution in [0.3, 0.4) is 0 Å². The summed E-state index contributed by atoms with van der Waals surface area (Å²) in [6.07, 6.45) is 41.1. The van der Waals surface area contributed by atoms with Crippen LogP contribution in [0.15, 0.2) is 0 Å². The SMILES string of the molecule is CCCCCCCCCCCCCCCCCCC(=O)OC[C@@H](COC(=O)CCCCCCCCCCCCC(C)CC)OC(=O)CCCCCCC. The fraction of sp³-hybridized carbons (Fsp3) is 0.936. The number of hydrogen-bond donors (Lipinski definition) is 0. The number of hydrogen-bond acceptors (Lipinski definition) is 6. The van der Waals surface area contributed by atoms with Crippen LogP contribution in [0.4, 0.5) is 0 Å². The van der Waals surface area contributed by atoms with Gasteiger partial charge in [-0.1, -0.05) is 220 Å². The summed E-state index contributed by atoms with van der Waals surface area (Å²) in [6.45, 7) is 8.95. The third-order valence-electron chi connectivity index (χ3n) is 10.9. The maximum absolute atomic E-state index is 12.5. The van der Waals surface area contributed by atoms with Gasteiger partial charge in [0.1, 0.15) is 13.2 Å². The second-order valence-electron chi connectivity index (χ2n) is 16.3. The van der Waals surface area contributed by atoms with Gasteiger partial charge in [-0.3, -0.25) is 14.4 Å². The summed E-state index contributed by atoms with van der Waals surface area (Å²) in [5.41, 5.74) is 0. The molecule has 0 aromatic carbocycles. The zero-order valence-corrected chi connectivity index (χ0v) is 36.0. The molecule has 0 N–H and O–H groups in total. The topological polar surface area (TPSA) is 78.9 Å². The molecular formula is C47H90O6. The van der Waals surface area contributed by atoms with E-state index in [1.165, 1.54) is 148 Å². The van der Waals surface area contributed by atoms with Gasteiger partial charge in [0.2, 0.25) is 0 Å². The van der Waals surface area contributed by atoms with Crippen molar-refractivity contribution in [1.82, 2.24) is 0 Å². The Balaban J connectivity index is 4.12. The Kier molecular flexibility index (Phi) is 40.3. The molecule has 0 bridgehead atoms. The molecule has 0 saturated carbocycles. The second-order valence-corrected chi connectivity index (χ2v) is 16.3. The van der Waals surface area contributed by atoms with E-state index in [0.717, 1.165) is 70.1 Å². The molecule has 314 valence electrons. The number of carbonyl (C=O) groups is 3. The van der Waals surface area contributed by atoms with Crippen molar-refractivity contribution < 1.29 is 28.6 Å². The lowest BCUT2D eigenvalue weighted by Crippen LogP contribution is -2.30. The summed E-state index contributed by atoms with van der Waals surface area (Å²) in [5, 5.41) is 0.